The molecule has 0 amide bonds. The zero-order valence-electron chi connectivity index (χ0n) is 14.0. The lowest BCUT2D eigenvalue weighted by Gasteiger charge is -2.06. The first-order valence-corrected chi connectivity index (χ1v) is 9.15. The molecule has 0 unspecified atom stereocenters. The van der Waals surface area contributed by atoms with E-state index in [2.05, 4.69) is 32.4 Å². The van der Waals surface area contributed by atoms with E-state index < -0.39 is 0 Å². The molecule has 6 nitrogen and oxygen atoms in total. The van der Waals surface area contributed by atoms with Crippen LogP contribution < -0.4 is 15.8 Å². The molecule has 24 heavy (non-hydrogen) atoms. The van der Waals surface area contributed by atoms with Crippen LogP contribution in [0.2, 0.25) is 0 Å². The summed E-state index contributed by atoms with van der Waals surface area (Å²) in [6.45, 7) is 1.54. The first-order valence-electron chi connectivity index (χ1n) is 7.99. The summed E-state index contributed by atoms with van der Waals surface area (Å²) in [5.74, 6) is 3.37. The number of imidazole rings is 1. The summed E-state index contributed by atoms with van der Waals surface area (Å²) in [6.07, 6.45) is 5.43. The smallest absolute Gasteiger partial charge is 0.188 e. The number of ether oxygens (including phenoxy) is 1. The van der Waals surface area contributed by atoms with E-state index >= 15 is 0 Å². The van der Waals surface area contributed by atoms with E-state index in [1.54, 1.807) is 13.4 Å². The zero-order valence-corrected chi connectivity index (χ0v) is 14.8. The Bertz CT molecular complexity index is 598. The van der Waals surface area contributed by atoms with Gasteiger partial charge in [0.25, 0.3) is 0 Å². The summed E-state index contributed by atoms with van der Waals surface area (Å²) in [6, 6.07) is 8.16. The number of aromatic amines is 1. The van der Waals surface area contributed by atoms with Crippen molar-refractivity contribution in [2.45, 2.75) is 18.6 Å². The Balaban J connectivity index is 1.51. The van der Waals surface area contributed by atoms with Gasteiger partial charge in [0.15, 0.2) is 5.96 Å². The summed E-state index contributed by atoms with van der Waals surface area (Å²) < 4.78 is 5.15. The predicted octanol–water partition coefficient (Wildman–Crippen LogP) is 2.19. The van der Waals surface area contributed by atoms with Gasteiger partial charge in [0.2, 0.25) is 0 Å². The van der Waals surface area contributed by atoms with Crippen molar-refractivity contribution >= 4 is 17.7 Å². The Hall–Kier alpha value is -2.15. The van der Waals surface area contributed by atoms with Crippen molar-refractivity contribution < 1.29 is 4.74 Å². The monoisotopic (exact) mass is 347 g/mol. The van der Waals surface area contributed by atoms with Crippen molar-refractivity contribution in [2.24, 2.45) is 10.7 Å². The third-order valence-electron chi connectivity index (χ3n) is 3.42. The van der Waals surface area contributed by atoms with Gasteiger partial charge in [-0.2, -0.15) is 11.8 Å². The Kier molecular flexibility index (Phi) is 8.03. The number of hydrogen-bond acceptors (Lipinski definition) is 4. The second kappa shape index (κ2) is 10.6. The molecule has 0 saturated carbocycles. The second-order valence-electron chi connectivity index (χ2n) is 5.27. The predicted molar refractivity (Wildman–Crippen MR) is 101 cm³/mol. The van der Waals surface area contributed by atoms with Crippen molar-refractivity contribution in [3.8, 4) is 5.75 Å². The number of benzene rings is 1. The van der Waals surface area contributed by atoms with Gasteiger partial charge >= 0.3 is 0 Å². The number of H-pyrrole nitrogens is 1. The molecule has 1 aromatic heterocycles. The van der Waals surface area contributed by atoms with E-state index in [9.17, 15) is 0 Å². The summed E-state index contributed by atoms with van der Waals surface area (Å²) in [7, 11) is 1.68. The summed E-state index contributed by atoms with van der Waals surface area (Å²) in [5.41, 5.74) is 8.28. The first kappa shape index (κ1) is 18.2. The van der Waals surface area contributed by atoms with E-state index in [1.807, 2.05) is 30.1 Å². The number of aryl methyl sites for hydroxylation is 1. The number of hydrogen-bond donors (Lipinski definition) is 3. The Morgan fingerprint density at radius 3 is 2.92 bits per heavy atom. The van der Waals surface area contributed by atoms with Crippen LogP contribution in [-0.4, -0.2) is 41.9 Å². The van der Waals surface area contributed by atoms with Gasteiger partial charge in [-0.1, -0.05) is 12.1 Å². The third kappa shape index (κ3) is 6.95. The van der Waals surface area contributed by atoms with Crippen LogP contribution in [0.1, 0.15) is 17.7 Å². The van der Waals surface area contributed by atoms with Gasteiger partial charge in [0, 0.05) is 36.5 Å². The maximum atomic E-state index is 5.85. The normalized spacial score (nSPS) is 11.5. The van der Waals surface area contributed by atoms with Crippen LogP contribution in [0.15, 0.2) is 41.8 Å². The maximum absolute atomic E-state index is 5.85. The van der Waals surface area contributed by atoms with Crippen LogP contribution in [0.4, 0.5) is 0 Å². The zero-order chi connectivity index (χ0) is 17.0. The molecule has 1 heterocycles. The second-order valence-corrected chi connectivity index (χ2v) is 6.38. The van der Waals surface area contributed by atoms with E-state index in [-0.39, 0.29) is 0 Å². The van der Waals surface area contributed by atoms with Crippen molar-refractivity contribution in [1.29, 1.82) is 0 Å². The Labute approximate surface area is 147 Å². The van der Waals surface area contributed by atoms with Gasteiger partial charge < -0.3 is 20.8 Å². The van der Waals surface area contributed by atoms with Gasteiger partial charge in [-0.25, -0.2) is 4.98 Å². The van der Waals surface area contributed by atoms with Crippen LogP contribution in [0, 0.1) is 0 Å². The fraction of sp³-hybridized carbons (Fsp3) is 0.412. The molecule has 2 rings (SSSR count). The lowest BCUT2D eigenvalue weighted by molar-refractivity contribution is 0.414. The molecule has 0 spiro atoms. The molecule has 0 saturated heterocycles. The van der Waals surface area contributed by atoms with Gasteiger partial charge in [-0.3, -0.25) is 4.99 Å². The van der Waals surface area contributed by atoms with Crippen molar-refractivity contribution in [3.05, 3.63) is 48.0 Å². The maximum Gasteiger partial charge on any atom is 0.188 e. The highest BCUT2D eigenvalue weighted by Gasteiger charge is 1.97. The standard InChI is InChI=1S/C17H25N5OS/c1-23-16-6-4-14(5-7-16)12-24-10-9-21-17(18)20-8-2-3-15-11-19-13-22-15/h4-7,11,13H,2-3,8-10,12H2,1H3,(H,19,22)(H3,18,20,21). The number of rotatable bonds is 10. The fourth-order valence-electron chi connectivity index (χ4n) is 2.11. The van der Waals surface area contributed by atoms with Crippen LogP contribution in [0.3, 0.4) is 0 Å². The number of aromatic nitrogens is 2. The minimum absolute atomic E-state index is 0.518. The molecule has 7 heteroatoms. The average molecular weight is 347 g/mol. The van der Waals surface area contributed by atoms with Crippen molar-refractivity contribution in [3.63, 3.8) is 0 Å². The van der Waals surface area contributed by atoms with Crippen molar-refractivity contribution in [2.75, 3.05) is 26.0 Å². The number of methoxy groups -OCH3 is 1. The summed E-state index contributed by atoms with van der Waals surface area (Å²) in [4.78, 5) is 11.4. The SMILES string of the molecule is COc1ccc(CSCCNC(N)=NCCCc2cnc[nH]2)cc1. The van der Waals surface area contributed by atoms with Gasteiger partial charge in [-0.05, 0) is 30.5 Å². The minimum atomic E-state index is 0.518. The van der Waals surface area contributed by atoms with Crippen LogP contribution in [0.25, 0.3) is 0 Å². The van der Waals surface area contributed by atoms with E-state index in [4.69, 9.17) is 10.5 Å². The van der Waals surface area contributed by atoms with Crippen LogP contribution >= 0.6 is 11.8 Å². The number of nitrogens with two attached hydrogens (primary N) is 1. The Morgan fingerprint density at radius 2 is 2.21 bits per heavy atom. The van der Waals surface area contributed by atoms with Gasteiger partial charge in [0.1, 0.15) is 5.75 Å². The lowest BCUT2D eigenvalue weighted by Crippen LogP contribution is -2.33. The lowest BCUT2D eigenvalue weighted by atomic mass is 10.2. The number of nitrogens with zero attached hydrogens (tertiary/aromatic N) is 2. The third-order valence-corrected chi connectivity index (χ3v) is 4.45. The molecule has 2 aromatic rings. The van der Waals surface area contributed by atoms with Crippen LogP contribution in [-0.2, 0) is 12.2 Å². The number of guanidine groups is 1. The quantitative estimate of drug-likeness (QED) is 0.348. The summed E-state index contributed by atoms with van der Waals surface area (Å²) in [5, 5.41) is 3.15. The van der Waals surface area contributed by atoms with Crippen molar-refractivity contribution in [1.82, 2.24) is 15.3 Å². The Morgan fingerprint density at radius 1 is 1.38 bits per heavy atom. The molecule has 0 radical (unpaired) electrons. The van der Waals surface area contributed by atoms with Gasteiger partial charge in [-0.15, -0.1) is 0 Å². The number of nitrogens with one attached hydrogen (secondary N) is 2. The largest absolute Gasteiger partial charge is 0.497 e. The van der Waals surface area contributed by atoms with Gasteiger partial charge in [0.05, 0.1) is 13.4 Å². The molecular weight excluding hydrogens is 322 g/mol. The fourth-order valence-corrected chi connectivity index (χ4v) is 2.93. The topological polar surface area (TPSA) is 88.3 Å². The number of thioether (sulfide) groups is 1. The highest BCUT2D eigenvalue weighted by atomic mass is 32.2. The average Bonchev–Trinajstić information content (AvgIpc) is 3.12. The summed E-state index contributed by atoms with van der Waals surface area (Å²) >= 11 is 1.86. The molecule has 0 bridgehead atoms. The molecule has 0 atom stereocenters. The number of aliphatic imine (C=N–C) groups is 1. The molecule has 130 valence electrons. The molecule has 0 aliphatic rings. The minimum Gasteiger partial charge on any atom is -0.497 e. The van der Waals surface area contributed by atoms with E-state index in [0.29, 0.717) is 5.96 Å². The molecule has 0 aliphatic carbocycles. The molecule has 0 fully saturated rings. The highest BCUT2D eigenvalue weighted by molar-refractivity contribution is 7.98. The molecule has 4 N–H and O–H groups in total. The van der Waals surface area contributed by atoms with E-state index in [0.717, 1.165) is 48.9 Å². The van der Waals surface area contributed by atoms with Crippen LogP contribution in [0.5, 0.6) is 5.75 Å². The molecule has 1 aromatic carbocycles. The highest BCUT2D eigenvalue weighted by Crippen LogP contribution is 2.16. The first-order chi connectivity index (χ1) is 11.8. The molecular formula is C17H25N5OS. The molecule has 0 aliphatic heterocycles. The van der Waals surface area contributed by atoms with E-state index in [1.165, 1.54) is 5.56 Å².